The first-order valence-corrected chi connectivity index (χ1v) is 7.68. The molecule has 2 heterocycles. The predicted molar refractivity (Wildman–Crippen MR) is 96.7 cm³/mol. The van der Waals surface area contributed by atoms with Gasteiger partial charge in [-0.1, -0.05) is 6.07 Å². The number of benzene rings is 1. The van der Waals surface area contributed by atoms with E-state index in [0.717, 1.165) is 0 Å². The van der Waals surface area contributed by atoms with E-state index in [1.54, 1.807) is 31.5 Å². The normalized spacial score (nSPS) is 15.6. The number of rotatable bonds is 3. The van der Waals surface area contributed by atoms with Gasteiger partial charge in [-0.3, -0.25) is 0 Å². The van der Waals surface area contributed by atoms with Crippen molar-refractivity contribution in [3.05, 3.63) is 42.1 Å². The molecule has 25 heavy (non-hydrogen) atoms. The van der Waals surface area contributed by atoms with Crippen molar-refractivity contribution in [1.82, 2.24) is 4.98 Å². The zero-order valence-corrected chi connectivity index (χ0v) is 14.6. The lowest BCUT2D eigenvalue weighted by Gasteiger charge is -2.28. The summed E-state index contributed by atoms with van der Waals surface area (Å²) in [5, 5.41) is -1.44. The Hall–Kier alpha value is -2.34. The Morgan fingerprint density at radius 2 is 2.00 bits per heavy atom. The van der Waals surface area contributed by atoms with Gasteiger partial charge in [-0.05, 0) is 36.0 Å². The van der Waals surface area contributed by atoms with Crippen LogP contribution < -0.4 is 24.7 Å². The summed E-state index contributed by atoms with van der Waals surface area (Å²) in [5.74, 6) is 2.27. The Morgan fingerprint density at radius 1 is 1.24 bits per heavy atom. The van der Waals surface area contributed by atoms with Crippen molar-refractivity contribution in [3.8, 4) is 23.1 Å². The predicted octanol–water partition coefficient (Wildman–Crippen LogP) is 1.35. The highest BCUT2D eigenvalue weighted by Crippen LogP contribution is 2.42. The maximum atomic E-state index is 5.65. The Balaban J connectivity index is 0.000000236. The third-order valence-corrected chi connectivity index (χ3v) is 3.38. The van der Waals surface area contributed by atoms with Gasteiger partial charge in [-0.25, -0.2) is 4.98 Å². The average Bonchev–Trinajstić information content (AvgIpc) is 2.60. The van der Waals surface area contributed by atoms with Gasteiger partial charge in [0.05, 0.1) is 29.9 Å². The Kier molecular flexibility index (Phi) is 6.20. The third-order valence-electron chi connectivity index (χ3n) is 3.38. The zero-order chi connectivity index (χ0) is 18.4. The maximum absolute atomic E-state index is 5.65. The van der Waals surface area contributed by atoms with Crippen molar-refractivity contribution in [2.45, 2.75) is 18.4 Å². The van der Waals surface area contributed by atoms with Crippen LogP contribution in [0.4, 0.5) is 0 Å². The smallest absolute Gasteiger partial charge is 0.212 e. The molecule has 1 aliphatic heterocycles. The molecule has 0 saturated carbocycles. The molecule has 0 aliphatic carbocycles. The number of hydrogen-bond donors (Lipinski definition) is 1. The maximum Gasteiger partial charge on any atom is 0.212 e. The molecule has 128 valence electrons. The van der Waals surface area contributed by atoms with Crippen LogP contribution in [0.5, 0.6) is 23.1 Å². The summed E-state index contributed by atoms with van der Waals surface area (Å²) in [6.07, 6.45) is 1.66. The molecule has 0 spiro atoms. The van der Waals surface area contributed by atoms with E-state index in [-0.39, 0.29) is 6.10 Å². The minimum absolute atomic E-state index is 0.0369. The molecule has 2 aromatic rings. The van der Waals surface area contributed by atoms with Crippen LogP contribution in [0.1, 0.15) is 12.5 Å². The molecule has 6 nitrogen and oxygen atoms in total. The first kappa shape index (κ1) is 19.0. The van der Waals surface area contributed by atoms with Crippen LogP contribution in [0.3, 0.4) is 0 Å². The number of aromatic nitrogens is 1. The van der Waals surface area contributed by atoms with Crippen LogP contribution in [0.15, 0.2) is 36.5 Å². The molecule has 1 unspecified atom stereocenters. The first-order chi connectivity index (χ1) is 11.8. The van der Waals surface area contributed by atoms with Crippen molar-refractivity contribution < 1.29 is 18.9 Å². The summed E-state index contributed by atoms with van der Waals surface area (Å²) in [5.41, 5.74) is 6.17. The molecule has 0 bridgehead atoms. The highest BCUT2D eigenvalue weighted by molar-refractivity contribution is 6.39. The van der Waals surface area contributed by atoms with Gasteiger partial charge < -0.3 is 24.7 Å². The van der Waals surface area contributed by atoms with Gasteiger partial charge in [0.15, 0.2) is 11.5 Å². The quantitative estimate of drug-likeness (QED) is 0.852. The van der Waals surface area contributed by atoms with Gasteiger partial charge in [0.25, 0.3) is 0 Å². The van der Waals surface area contributed by atoms with E-state index < -0.39 is 5.34 Å². The van der Waals surface area contributed by atoms with Gasteiger partial charge in [-0.15, -0.1) is 0 Å². The van der Waals surface area contributed by atoms with Crippen molar-refractivity contribution in [2.75, 3.05) is 20.8 Å². The highest BCUT2D eigenvalue weighted by Gasteiger charge is 2.25. The second kappa shape index (κ2) is 8.16. The van der Waals surface area contributed by atoms with Crippen LogP contribution in [0, 0.1) is 0 Å². The first-order valence-electron chi connectivity index (χ1n) is 7.68. The molecule has 0 saturated heterocycles. The van der Waals surface area contributed by atoms with E-state index in [1.165, 1.54) is 7.11 Å². The topological polar surface area (TPSA) is 75.8 Å². The van der Waals surface area contributed by atoms with E-state index in [2.05, 4.69) is 4.98 Å². The number of ether oxygens (including phenoxy) is 4. The molecular weight excluding hydrogens is 318 g/mol. The summed E-state index contributed by atoms with van der Waals surface area (Å²) in [6.45, 7) is 2.38. The van der Waals surface area contributed by atoms with Gasteiger partial charge >= 0.3 is 0 Å². The zero-order valence-electron chi connectivity index (χ0n) is 14.6. The number of methoxy groups -OCH3 is 2. The lowest BCUT2D eigenvalue weighted by molar-refractivity contribution is 0.100. The van der Waals surface area contributed by atoms with Gasteiger partial charge in [0, 0.05) is 12.3 Å². The molecule has 1 atom stereocenters. The van der Waals surface area contributed by atoms with Crippen LogP contribution in [0.2, 0.25) is 0 Å². The van der Waals surface area contributed by atoms with Gasteiger partial charge in [0.1, 0.15) is 12.7 Å². The van der Waals surface area contributed by atoms with E-state index >= 15 is 0 Å². The fourth-order valence-corrected chi connectivity index (χ4v) is 2.13. The third kappa shape index (κ3) is 5.06. The largest absolute Gasteiger partial charge is 0.493 e. The molecule has 4 radical (unpaired) electrons. The summed E-state index contributed by atoms with van der Waals surface area (Å²) in [6, 6.07) is 8.86. The number of hydrogen-bond acceptors (Lipinski definition) is 6. The molecule has 1 aliphatic rings. The van der Waals surface area contributed by atoms with Crippen LogP contribution >= 0.6 is 0 Å². The second-order valence-corrected chi connectivity index (χ2v) is 5.55. The fourth-order valence-electron chi connectivity index (χ4n) is 2.13. The minimum Gasteiger partial charge on any atom is -0.493 e. The average molecular weight is 338 g/mol. The van der Waals surface area contributed by atoms with Crippen molar-refractivity contribution >= 4 is 15.7 Å². The fraction of sp³-hybridized carbons (Fsp3) is 0.353. The van der Waals surface area contributed by atoms with E-state index in [0.29, 0.717) is 35.3 Å². The van der Waals surface area contributed by atoms with Crippen molar-refractivity contribution in [2.24, 2.45) is 5.73 Å². The SMILES string of the molecule is COc1ccccn1.[B]C([B])(N)c1cc(OC)c2c(c1)OC(C)CO2. The van der Waals surface area contributed by atoms with Crippen LogP contribution in [0.25, 0.3) is 0 Å². The summed E-state index contributed by atoms with van der Waals surface area (Å²) in [7, 11) is 14.4. The number of nitrogens with zero attached hydrogens (tertiary/aromatic N) is 1. The Bertz CT molecular complexity index is 693. The Labute approximate surface area is 150 Å². The minimum atomic E-state index is -1.44. The molecule has 0 amide bonds. The van der Waals surface area contributed by atoms with Crippen molar-refractivity contribution in [3.63, 3.8) is 0 Å². The molecule has 1 aromatic carbocycles. The lowest BCUT2D eigenvalue weighted by atomic mass is 9.59. The standard InChI is InChI=1S/C11H13B2NO3.C6H7NO/c1-6-5-16-10-8(15-2)3-7(11(12,13)14)4-9(10)17-6;1-8-6-4-2-3-5-7-6/h3-4,6H,5,14H2,1-2H3;2-5H,1H3. The summed E-state index contributed by atoms with van der Waals surface area (Å²) in [4.78, 5) is 3.88. The second-order valence-electron chi connectivity index (χ2n) is 5.55. The highest BCUT2D eigenvalue weighted by atomic mass is 16.6. The number of fused-ring (bicyclic) bond motifs is 1. The molecular formula is C17H20B2N2O4. The number of pyridine rings is 1. The Morgan fingerprint density at radius 3 is 2.52 bits per heavy atom. The lowest BCUT2D eigenvalue weighted by Crippen LogP contribution is -2.37. The van der Waals surface area contributed by atoms with Crippen molar-refractivity contribution in [1.29, 1.82) is 0 Å². The molecule has 2 N–H and O–H groups in total. The molecule has 0 fully saturated rings. The van der Waals surface area contributed by atoms with E-state index in [1.807, 2.05) is 19.1 Å². The summed E-state index contributed by atoms with van der Waals surface area (Å²) >= 11 is 0. The molecule has 8 heteroatoms. The van der Waals surface area contributed by atoms with E-state index in [9.17, 15) is 0 Å². The molecule has 1 aromatic heterocycles. The molecule has 3 rings (SSSR count). The monoisotopic (exact) mass is 338 g/mol. The number of nitrogens with two attached hydrogens (primary N) is 1. The van der Waals surface area contributed by atoms with Crippen LogP contribution in [-0.4, -0.2) is 47.6 Å². The van der Waals surface area contributed by atoms with Gasteiger partial charge in [0.2, 0.25) is 11.6 Å². The van der Waals surface area contributed by atoms with E-state index in [4.69, 9.17) is 40.4 Å². The summed E-state index contributed by atoms with van der Waals surface area (Å²) < 4.78 is 21.2. The van der Waals surface area contributed by atoms with Gasteiger partial charge in [-0.2, -0.15) is 0 Å². The van der Waals surface area contributed by atoms with Crippen LogP contribution in [-0.2, 0) is 5.34 Å².